The van der Waals surface area contributed by atoms with E-state index < -0.39 is 0 Å². The summed E-state index contributed by atoms with van der Waals surface area (Å²) in [6, 6.07) is 11.0. The van der Waals surface area contributed by atoms with Crippen LogP contribution in [0.2, 0.25) is 0 Å². The summed E-state index contributed by atoms with van der Waals surface area (Å²) in [7, 11) is 0. The molecule has 1 aromatic carbocycles. The van der Waals surface area contributed by atoms with Gasteiger partial charge in [0.05, 0.1) is 0 Å². The van der Waals surface area contributed by atoms with Gasteiger partial charge in [0.15, 0.2) is 0 Å². The fraction of sp³-hybridized carbons (Fsp3) is 0.471. The highest BCUT2D eigenvalue weighted by atomic mass is 32.1. The normalized spacial score (nSPS) is 26.4. The molecule has 1 saturated heterocycles. The number of fused-ring (bicyclic) bond motifs is 1. The minimum Gasteiger partial charge on any atom is -0.352 e. The molecule has 0 aliphatic carbocycles. The lowest BCUT2D eigenvalue weighted by atomic mass is 9.77. The summed E-state index contributed by atoms with van der Waals surface area (Å²) in [6.07, 6.45) is 1.65. The van der Waals surface area contributed by atoms with Crippen LogP contribution >= 0.6 is 11.3 Å². The number of carbonyl (C=O) groups is 1. The predicted molar refractivity (Wildman–Crippen MR) is 85.2 cm³/mol. The maximum Gasteiger partial charge on any atom is 0.221 e. The standard InChI is InChI=1S/C17H21NOS/c1-11(2)8-14-17(3,10-16(19)18-14)15-9-12-6-4-5-7-13(12)20-15/h4-7,9,11,14H,8,10H2,1-3H3,(H,18,19). The molecule has 1 aromatic heterocycles. The van der Waals surface area contributed by atoms with Gasteiger partial charge < -0.3 is 5.32 Å². The molecule has 0 saturated carbocycles. The molecule has 0 bridgehead atoms. The number of hydrogen-bond acceptors (Lipinski definition) is 2. The molecule has 2 heterocycles. The van der Waals surface area contributed by atoms with E-state index in [4.69, 9.17) is 0 Å². The number of nitrogens with one attached hydrogen (secondary N) is 1. The second kappa shape index (κ2) is 4.88. The monoisotopic (exact) mass is 287 g/mol. The fourth-order valence-corrected chi connectivity index (χ4v) is 4.44. The van der Waals surface area contributed by atoms with Crippen molar-refractivity contribution in [1.29, 1.82) is 0 Å². The summed E-state index contributed by atoms with van der Waals surface area (Å²) >= 11 is 1.83. The first-order chi connectivity index (χ1) is 9.49. The van der Waals surface area contributed by atoms with Crippen LogP contribution in [0.5, 0.6) is 0 Å². The molecular formula is C17H21NOS. The number of rotatable bonds is 3. The van der Waals surface area contributed by atoms with Crippen molar-refractivity contribution in [2.75, 3.05) is 0 Å². The number of carbonyl (C=O) groups excluding carboxylic acids is 1. The Morgan fingerprint density at radius 2 is 2.15 bits per heavy atom. The summed E-state index contributed by atoms with van der Waals surface area (Å²) < 4.78 is 1.31. The zero-order valence-electron chi connectivity index (χ0n) is 12.3. The molecule has 106 valence electrons. The van der Waals surface area contributed by atoms with E-state index >= 15 is 0 Å². The molecule has 3 heteroatoms. The summed E-state index contributed by atoms with van der Waals surface area (Å²) in [5.74, 6) is 0.780. The van der Waals surface area contributed by atoms with Gasteiger partial charge in [0.1, 0.15) is 0 Å². The first-order valence-corrected chi connectivity index (χ1v) is 8.09. The van der Waals surface area contributed by atoms with Crippen molar-refractivity contribution in [3.05, 3.63) is 35.2 Å². The molecule has 1 aliphatic heterocycles. The summed E-state index contributed by atoms with van der Waals surface area (Å²) in [5.41, 5.74) is -0.0644. The van der Waals surface area contributed by atoms with Crippen LogP contribution in [0.25, 0.3) is 10.1 Å². The van der Waals surface area contributed by atoms with Crippen molar-refractivity contribution >= 4 is 27.3 Å². The Labute approximate surface area is 124 Å². The first-order valence-electron chi connectivity index (χ1n) is 7.27. The summed E-state index contributed by atoms with van der Waals surface area (Å²) in [5, 5.41) is 4.47. The highest BCUT2D eigenvalue weighted by Gasteiger charge is 2.45. The topological polar surface area (TPSA) is 29.1 Å². The molecule has 2 nitrogen and oxygen atoms in total. The third-order valence-electron chi connectivity index (χ3n) is 4.33. The maximum atomic E-state index is 11.9. The van der Waals surface area contributed by atoms with Gasteiger partial charge in [-0.2, -0.15) is 0 Å². The Balaban J connectivity index is 2.02. The Morgan fingerprint density at radius 1 is 1.40 bits per heavy atom. The van der Waals surface area contributed by atoms with Crippen LogP contribution < -0.4 is 5.32 Å². The molecule has 1 fully saturated rings. The Hall–Kier alpha value is -1.35. The fourth-order valence-electron chi connectivity index (χ4n) is 3.17. The van der Waals surface area contributed by atoms with Gasteiger partial charge in [-0.1, -0.05) is 39.0 Å². The lowest BCUT2D eigenvalue weighted by molar-refractivity contribution is -0.119. The molecule has 1 amide bonds. The third kappa shape index (κ3) is 2.24. The average Bonchev–Trinajstić information content (AvgIpc) is 2.91. The summed E-state index contributed by atoms with van der Waals surface area (Å²) in [4.78, 5) is 13.3. The molecule has 20 heavy (non-hydrogen) atoms. The van der Waals surface area contributed by atoms with E-state index in [1.165, 1.54) is 15.0 Å². The molecule has 1 N–H and O–H groups in total. The second-order valence-corrected chi connectivity index (χ2v) is 7.58. The zero-order chi connectivity index (χ0) is 14.3. The molecule has 2 atom stereocenters. The third-order valence-corrected chi connectivity index (χ3v) is 5.72. The van der Waals surface area contributed by atoms with Crippen molar-refractivity contribution in [2.24, 2.45) is 5.92 Å². The van der Waals surface area contributed by atoms with Gasteiger partial charge in [0.2, 0.25) is 5.91 Å². The Morgan fingerprint density at radius 3 is 2.85 bits per heavy atom. The minimum atomic E-state index is -0.0644. The van der Waals surface area contributed by atoms with Crippen LogP contribution in [0.1, 0.15) is 38.5 Å². The van der Waals surface area contributed by atoms with Crippen LogP contribution in [-0.4, -0.2) is 11.9 Å². The van der Waals surface area contributed by atoms with E-state index in [-0.39, 0.29) is 17.4 Å². The van der Waals surface area contributed by atoms with Crippen LogP contribution in [-0.2, 0) is 10.2 Å². The van der Waals surface area contributed by atoms with E-state index in [9.17, 15) is 4.79 Å². The molecule has 3 rings (SSSR count). The van der Waals surface area contributed by atoms with Crippen molar-refractivity contribution in [3.63, 3.8) is 0 Å². The molecule has 1 aliphatic rings. The highest BCUT2D eigenvalue weighted by Crippen LogP contribution is 2.43. The molecular weight excluding hydrogens is 266 g/mol. The molecule has 0 radical (unpaired) electrons. The van der Waals surface area contributed by atoms with Crippen LogP contribution in [0.4, 0.5) is 0 Å². The molecule has 2 aromatic rings. The smallest absolute Gasteiger partial charge is 0.221 e. The van der Waals surface area contributed by atoms with Gasteiger partial charge in [-0.3, -0.25) is 4.79 Å². The lowest BCUT2D eigenvalue weighted by Crippen LogP contribution is -2.38. The Kier molecular flexibility index (Phi) is 3.33. The first kappa shape index (κ1) is 13.6. The minimum absolute atomic E-state index is 0.0644. The van der Waals surface area contributed by atoms with E-state index in [1.54, 1.807) is 0 Å². The zero-order valence-corrected chi connectivity index (χ0v) is 13.1. The number of hydrogen-bond donors (Lipinski definition) is 1. The largest absolute Gasteiger partial charge is 0.352 e. The Bertz CT molecular complexity index is 612. The van der Waals surface area contributed by atoms with Gasteiger partial charge in [0, 0.05) is 27.5 Å². The van der Waals surface area contributed by atoms with E-state index in [2.05, 4.69) is 56.4 Å². The van der Waals surface area contributed by atoms with E-state index in [0.29, 0.717) is 12.3 Å². The van der Waals surface area contributed by atoms with Crippen molar-refractivity contribution in [1.82, 2.24) is 5.32 Å². The van der Waals surface area contributed by atoms with Crippen LogP contribution in [0.3, 0.4) is 0 Å². The van der Waals surface area contributed by atoms with Gasteiger partial charge in [-0.15, -0.1) is 11.3 Å². The van der Waals surface area contributed by atoms with Gasteiger partial charge in [-0.05, 0) is 29.9 Å². The van der Waals surface area contributed by atoms with Crippen molar-refractivity contribution in [3.8, 4) is 0 Å². The number of benzene rings is 1. The molecule has 2 unspecified atom stereocenters. The highest BCUT2D eigenvalue weighted by molar-refractivity contribution is 7.19. The van der Waals surface area contributed by atoms with Crippen molar-refractivity contribution in [2.45, 2.75) is 45.1 Å². The van der Waals surface area contributed by atoms with Crippen LogP contribution in [0.15, 0.2) is 30.3 Å². The predicted octanol–water partition coefficient (Wildman–Crippen LogP) is 4.09. The average molecular weight is 287 g/mol. The lowest BCUT2D eigenvalue weighted by Gasteiger charge is -2.30. The number of amides is 1. The SMILES string of the molecule is CC(C)CC1NC(=O)CC1(C)c1cc2ccccc2s1. The molecule has 0 spiro atoms. The quantitative estimate of drug-likeness (QED) is 0.905. The second-order valence-electron chi connectivity index (χ2n) is 6.49. The van der Waals surface area contributed by atoms with Crippen LogP contribution in [0, 0.1) is 5.92 Å². The van der Waals surface area contributed by atoms with E-state index in [0.717, 1.165) is 6.42 Å². The summed E-state index contributed by atoms with van der Waals surface area (Å²) in [6.45, 7) is 6.67. The van der Waals surface area contributed by atoms with E-state index in [1.807, 2.05) is 11.3 Å². The maximum absolute atomic E-state index is 11.9. The van der Waals surface area contributed by atoms with Gasteiger partial charge >= 0.3 is 0 Å². The van der Waals surface area contributed by atoms with Gasteiger partial charge in [-0.25, -0.2) is 0 Å². The van der Waals surface area contributed by atoms with Gasteiger partial charge in [0.25, 0.3) is 0 Å². The van der Waals surface area contributed by atoms with Crippen molar-refractivity contribution < 1.29 is 4.79 Å². The number of thiophene rings is 1.